The average molecular weight is 351 g/mol. The number of amides is 1. The number of piperidine rings is 1. The summed E-state index contributed by atoms with van der Waals surface area (Å²) in [7, 11) is 0. The molecule has 3 heterocycles. The lowest BCUT2D eigenvalue weighted by Gasteiger charge is -2.35. The molecule has 0 aromatic heterocycles. The van der Waals surface area contributed by atoms with Crippen LogP contribution in [-0.2, 0) is 4.79 Å². The van der Waals surface area contributed by atoms with Gasteiger partial charge in [-0.3, -0.25) is 4.79 Å². The molecule has 3 atom stereocenters. The van der Waals surface area contributed by atoms with E-state index in [1.165, 1.54) is 18.4 Å². The van der Waals surface area contributed by atoms with E-state index in [9.17, 15) is 4.79 Å². The van der Waals surface area contributed by atoms with Crippen LogP contribution in [0.25, 0.3) is 0 Å². The maximum absolute atomic E-state index is 12.9. The molecule has 2 fully saturated rings. The Morgan fingerprint density at radius 2 is 2.00 bits per heavy atom. The van der Waals surface area contributed by atoms with Crippen molar-refractivity contribution < 1.29 is 9.53 Å². The molecular formula is C19H27ClN2O2. The summed E-state index contributed by atoms with van der Waals surface area (Å²) in [6.07, 6.45) is 5.61. The number of benzene rings is 1. The number of nitrogens with zero attached hydrogens (tertiary/aromatic N) is 1. The van der Waals surface area contributed by atoms with Gasteiger partial charge in [-0.15, -0.1) is 12.4 Å². The van der Waals surface area contributed by atoms with Gasteiger partial charge in [-0.05, 0) is 63.1 Å². The molecular weight excluding hydrogens is 324 g/mol. The lowest BCUT2D eigenvalue weighted by molar-refractivity contribution is -0.120. The summed E-state index contributed by atoms with van der Waals surface area (Å²) in [5, 5.41) is 3.66. The SMILES string of the molecule is Cc1ccc2c(c1)OC(C)CN2C(=O)CC1CC2CCC(C1)N2.Cl. The zero-order chi connectivity index (χ0) is 16.0. The highest BCUT2D eigenvalue weighted by Gasteiger charge is 2.36. The topological polar surface area (TPSA) is 41.6 Å². The lowest BCUT2D eigenvalue weighted by Crippen LogP contribution is -2.44. The van der Waals surface area contributed by atoms with Crippen LogP contribution in [0.5, 0.6) is 5.75 Å². The Bertz CT molecular complexity index is 609. The van der Waals surface area contributed by atoms with E-state index in [1.807, 2.05) is 24.0 Å². The van der Waals surface area contributed by atoms with Crippen LogP contribution in [0, 0.1) is 12.8 Å². The zero-order valence-electron chi connectivity index (χ0n) is 14.5. The van der Waals surface area contributed by atoms with Crippen LogP contribution in [0.15, 0.2) is 18.2 Å². The number of nitrogens with one attached hydrogen (secondary N) is 1. The molecule has 0 radical (unpaired) electrons. The smallest absolute Gasteiger partial charge is 0.227 e. The summed E-state index contributed by atoms with van der Waals surface area (Å²) in [4.78, 5) is 14.9. The molecule has 2 bridgehead atoms. The minimum absolute atomic E-state index is 0. The van der Waals surface area contributed by atoms with Crippen molar-refractivity contribution in [1.29, 1.82) is 0 Å². The molecule has 3 aliphatic rings. The van der Waals surface area contributed by atoms with Gasteiger partial charge in [0.25, 0.3) is 0 Å². The predicted molar refractivity (Wildman–Crippen MR) is 98.2 cm³/mol. The second kappa shape index (κ2) is 6.93. The van der Waals surface area contributed by atoms with Crippen LogP contribution in [0.2, 0.25) is 0 Å². The number of carbonyl (C=O) groups is 1. The van der Waals surface area contributed by atoms with Gasteiger partial charge in [-0.2, -0.15) is 0 Å². The fraction of sp³-hybridized carbons (Fsp3) is 0.632. The van der Waals surface area contributed by atoms with Gasteiger partial charge in [0.15, 0.2) is 0 Å². The number of hydrogen-bond acceptors (Lipinski definition) is 3. The maximum Gasteiger partial charge on any atom is 0.227 e. The van der Waals surface area contributed by atoms with E-state index in [2.05, 4.69) is 18.3 Å². The Morgan fingerprint density at radius 1 is 1.29 bits per heavy atom. The van der Waals surface area contributed by atoms with Crippen LogP contribution in [0.3, 0.4) is 0 Å². The van der Waals surface area contributed by atoms with Crippen molar-refractivity contribution in [1.82, 2.24) is 5.32 Å². The molecule has 1 aromatic carbocycles. The van der Waals surface area contributed by atoms with Crippen molar-refractivity contribution in [3.05, 3.63) is 23.8 Å². The molecule has 0 aliphatic carbocycles. The van der Waals surface area contributed by atoms with E-state index >= 15 is 0 Å². The Labute approximate surface area is 150 Å². The summed E-state index contributed by atoms with van der Waals surface area (Å²) in [5.74, 6) is 1.65. The van der Waals surface area contributed by atoms with E-state index in [0.717, 1.165) is 24.3 Å². The second-order valence-electron chi connectivity index (χ2n) is 7.58. The molecule has 3 unspecified atom stereocenters. The van der Waals surface area contributed by atoms with Crippen LogP contribution >= 0.6 is 12.4 Å². The van der Waals surface area contributed by atoms with E-state index in [1.54, 1.807) is 0 Å². The van der Waals surface area contributed by atoms with Gasteiger partial charge >= 0.3 is 0 Å². The fourth-order valence-corrected chi connectivity index (χ4v) is 4.48. The Hall–Kier alpha value is -1.26. The van der Waals surface area contributed by atoms with Gasteiger partial charge in [0.05, 0.1) is 12.2 Å². The summed E-state index contributed by atoms with van der Waals surface area (Å²) in [6.45, 7) is 4.75. The number of fused-ring (bicyclic) bond motifs is 3. The first-order valence-electron chi connectivity index (χ1n) is 8.92. The third-order valence-electron chi connectivity index (χ3n) is 5.51. The summed E-state index contributed by atoms with van der Waals surface area (Å²) < 4.78 is 5.92. The third kappa shape index (κ3) is 3.40. The Morgan fingerprint density at radius 3 is 2.71 bits per heavy atom. The third-order valence-corrected chi connectivity index (χ3v) is 5.51. The van der Waals surface area contributed by atoms with E-state index in [-0.39, 0.29) is 24.4 Å². The zero-order valence-corrected chi connectivity index (χ0v) is 15.3. The summed E-state index contributed by atoms with van der Waals surface area (Å²) >= 11 is 0. The monoisotopic (exact) mass is 350 g/mol. The highest BCUT2D eigenvalue weighted by atomic mass is 35.5. The number of carbonyl (C=O) groups excluding carboxylic acids is 1. The Balaban J connectivity index is 0.00000169. The minimum atomic E-state index is 0. The molecule has 4 nitrogen and oxygen atoms in total. The van der Waals surface area contributed by atoms with Crippen molar-refractivity contribution in [3.63, 3.8) is 0 Å². The predicted octanol–water partition coefficient (Wildman–Crippen LogP) is 3.45. The molecule has 0 saturated carbocycles. The molecule has 24 heavy (non-hydrogen) atoms. The quantitative estimate of drug-likeness (QED) is 0.888. The maximum atomic E-state index is 12.9. The van der Waals surface area contributed by atoms with Gasteiger partial charge in [0.2, 0.25) is 5.91 Å². The number of aryl methyl sites for hydroxylation is 1. The Kier molecular flexibility index (Phi) is 5.07. The van der Waals surface area contributed by atoms with Crippen LogP contribution in [0.4, 0.5) is 5.69 Å². The number of rotatable bonds is 2. The van der Waals surface area contributed by atoms with E-state index < -0.39 is 0 Å². The number of ether oxygens (including phenoxy) is 1. The normalized spacial score (nSPS) is 31.0. The molecule has 1 N–H and O–H groups in total. The van der Waals surface area contributed by atoms with Gasteiger partial charge in [0, 0.05) is 18.5 Å². The molecule has 3 aliphatic heterocycles. The van der Waals surface area contributed by atoms with Gasteiger partial charge in [0.1, 0.15) is 11.9 Å². The van der Waals surface area contributed by atoms with Gasteiger partial charge < -0.3 is 15.0 Å². The summed E-state index contributed by atoms with van der Waals surface area (Å²) in [5.41, 5.74) is 2.11. The van der Waals surface area contributed by atoms with Crippen molar-refractivity contribution in [3.8, 4) is 5.75 Å². The number of halogens is 1. The van der Waals surface area contributed by atoms with Gasteiger partial charge in [-0.1, -0.05) is 6.07 Å². The molecule has 0 spiro atoms. The average Bonchev–Trinajstić information content (AvgIpc) is 2.84. The van der Waals surface area contributed by atoms with Crippen molar-refractivity contribution in [2.24, 2.45) is 5.92 Å². The second-order valence-corrected chi connectivity index (χ2v) is 7.58. The van der Waals surface area contributed by atoms with Crippen LogP contribution in [-0.4, -0.2) is 30.6 Å². The fourth-order valence-electron chi connectivity index (χ4n) is 4.48. The lowest BCUT2D eigenvalue weighted by atomic mass is 9.89. The van der Waals surface area contributed by atoms with E-state index in [0.29, 0.717) is 31.0 Å². The standard InChI is InChI=1S/C19H26N2O2.ClH/c1-12-3-6-17-18(7-12)23-13(2)11-21(17)19(22)10-14-8-15-4-5-16(9-14)20-15;/h3,6-7,13-16,20H,4-5,8-11H2,1-2H3;1H. The first-order valence-corrected chi connectivity index (χ1v) is 8.92. The highest BCUT2D eigenvalue weighted by Crippen LogP contribution is 2.37. The van der Waals surface area contributed by atoms with Crippen molar-refractivity contribution in [2.45, 2.75) is 64.1 Å². The number of hydrogen-bond donors (Lipinski definition) is 1. The van der Waals surface area contributed by atoms with Crippen molar-refractivity contribution in [2.75, 3.05) is 11.4 Å². The van der Waals surface area contributed by atoms with Crippen molar-refractivity contribution >= 4 is 24.0 Å². The molecule has 4 rings (SSSR count). The first kappa shape index (κ1) is 17.6. The van der Waals surface area contributed by atoms with Crippen LogP contribution < -0.4 is 15.0 Å². The molecule has 2 saturated heterocycles. The number of anilines is 1. The van der Waals surface area contributed by atoms with Gasteiger partial charge in [-0.25, -0.2) is 0 Å². The van der Waals surface area contributed by atoms with Crippen LogP contribution in [0.1, 0.15) is 44.6 Å². The molecule has 1 aromatic rings. The summed E-state index contributed by atoms with van der Waals surface area (Å²) in [6, 6.07) is 7.41. The molecule has 5 heteroatoms. The largest absolute Gasteiger partial charge is 0.487 e. The van der Waals surface area contributed by atoms with E-state index in [4.69, 9.17) is 4.74 Å². The molecule has 1 amide bonds. The highest BCUT2D eigenvalue weighted by molar-refractivity contribution is 5.95. The first-order chi connectivity index (χ1) is 11.1. The molecule has 132 valence electrons. The minimum Gasteiger partial charge on any atom is -0.487 e.